The third-order valence-corrected chi connectivity index (χ3v) is 2.98. The van der Waals surface area contributed by atoms with Crippen molar-refractivity contribution in [1.82, 2.24) is 14.5 Å². The van der Waals surface area contributed by atoms with Gasteiger partial charge in [-0.2, -0.15) is 0 Å². The van der Waals surface area contributed by atoms with Crippen LogP contribution in [0.1, 0.15) is 11.3 Å². The molecule has 2 aromatic heterocycles. The minimum Gasteiger partial charge on any atom is -0.382 e. The van der Waals surface area contributed by atoms with E-state index in [0.29, 0.717) is 12.2 Å². The van der Waals surface area contributed by atoms with Crippen LogP contribution < -0.4 is 5.73 Å². The predicted molar refractivity (Wildman–Crippen MR) is 74.1 cm³/mol. The molecule has 0 aliphatic heterocycles. The van der Waals surface area contributed by atoms with Crippen molar-refractivity contribution in [2.24, 2.45) is 5.73 Å². The van der Waals surface area contributed by atoms with Crippen molar-refractivity contribution < 1.29 is 0 Å². The van der Waals surface area contributed by atoms with Gasteiger partial charge < -0.3 is 10.3 Å². The fourth-order valence-corrected chi connectivity index (χ4v) is 2.05. The van der Waals surface area contributed by atoms with Gasteiger partial charge in [0, 0.05) is 12.7 Å². The van der Waals surface area contributed by atoms with E-state index in [1.807, 2.05) is 42.7 Å². The molecule has 94 valence electrons. The van der Waals surface area contributed by atoms with Crippen molar-refractivity contribution in [3.8, 4) is 0 Å². The third kappa shape index (κ3) is 2.18. The molecule has 3 N–H and O–H groups in total. The minimum absolute atomic E-state index is 0.0164. The van der Waals surface area contributed by atoms with Crippen LogP contribution in [-0.4, -0.2) is 20.4 Å². The number of amidine groups is 1. The standard InChI is InChI=1S/C14H13N5/c15-14(16)12-7-10(5-6-17-12)8-19-9-18-11-3-1-2-4-13(11)19/h1-7,9H,8H2,(H3,15,16). The fraction of sp³-hybridized carbons (Fsp3) is 0.0714. The maximum atomic E-state index is 7.41. The molecule has 0 amide bonds. The van der Waals surface area contributed by atoms with Gasteiger partial charge in [-0.15, -0.1) is 0 Å². The average Bonchev–Trinajstić information content (AvgIpc) is 2.83. The number of nitrogens with two attached hydrogens (primary N) is 1. The number of imidazole rings is 1. The Bertz CT molecular complexity index is 744. The van der Waals surface area contributed by atoms with Crippen molar-refractivity contribution in [3.63, 3.8) is 0 Å². The summed E-state index contributed by atoms with van der Waals surface area (Å²) in [6, 6.07) is 11.7. The van der Waals surface area contributed by atoms with E-state index in [9.17, 15) is 0 Å². The molecule has 3 rings (SSSR count). The molecule has 2 heterocycles. The number of rotatable bonds is 3. The third-order valence-electron chi connectivity index (χ3n) is 2.98. The summed E-state index contributed by atoms with van der Waals surface area (Å²) in [7, 11) is 0. The topological polar surface area (TPSA) is 80.6 Å². The second-order valence-electron chi connectivity index (χ2n) is 4.32. The van der Waals surface area contributed by atoms with Gasteiger partial charge in [0.05, 0.1) is 17.4 Å². The minimum atomic E-state index is -0.0164. The van der Waals surface area contributed by atoms with Crippen LogP contribution in [-0.2, 0) is 6.54 Å². The molecule has 0 saturated carbocycles. The Balaban J connectivity index is 1.97. The number of nitrogens with one attached hydrogen (secondary N) is 1. The number of aromatic nitrogens is 3. The highest BCUT2D eigenvalue weighted by Gasteiger charge is 2.04. The molecule has 0 aliphatic carbocycles. The smallest absolute Gasteiger partial charge is 0.141 e. The van der Waals surface area contributed by atoms with Gasteiger partial charge in [0.2, 0.25) is 0 Å². The number of nitrogen functional groups attached to an aromatic ring is 1. The Morgan fingerprint density at radius 3 is 2.89 bits per heavy atom. The lowest BCUT2D eigenvalue weighted by Crippen LogP contribution is -2.13. The largest absolute Gasteiger partial charge is 0.382 e. The van der Waals surface area contributed by atoms with Crippen molar-refractivity contribution >= 4 is 16.9 Å². The average molecular weight is 251 g/mol. The lowest BCUT2D eigenvalue weighted by Gasteiger charge is -2.06. The number of pyridine rings is 1. The SMILES string of the molecule is N=C(N)c1cc(Cn2cnc3ccccc32)ccn1. The molecule has 0 atom stereocenters. The zero-order valence-electron chi connectivity index (χ0n) is 10.2. The second-order valence-corrected chi connectivity index (χ2v) is 4.32. The van der Waals surface area contributed by atoms with Crippen molar-refractivity contribution in [2.45, 2.75) is 6.54 Å². The van der Waals surface area contributed by atoms with Crippen LogP contribution >= 0.6 is 0 Å². The molecule has 0 bridgehead atoms. The van der Waals surface area contributed by atoms with Crippen LogP contribution in [0.15, 0.2) is 48.9 Å². The van der Waals surface area contributed by atoms with Gasteiger partial charge in [-0.05, 0) is 29.8 Å². The summed E-state index contributed by atoms with van der Waals surface area (Å²) in [6.45, 7) is 0.684. The van der Waals surface area contributed by atoms with Gasteiger partial charge in [-0.3, -0.25) is 10.4 Å². The highest BCUT2D eigenvalue weighted by molar-refractivity contribution is 5.93. The molecule has 0 unspecified atom stereocenters. The number of hydrogen-bond donors (Lipinski definition) is 2. The van der Waals surface area contributed by atoms with Crippen molar-refractivity contribution in [3.05, 3.63) is 60.2 Å². The van der Waals surface area contributed by atoms with Gasteiger partial charge in [0.1, 0.15) is 11.5 Å². The van der Waals surface area contributed by atoms with Gasteiger partial charge in [0.15, 0.2) is 0 Å². The molecule has 19 heavy (non-hydrogen) atoms. The van der Waals surface area contributed by atoms with Crippen LogP contribution in [0.2, 0.25) is 0 Å². The highest BCUT2D eigenvalue weighted by atomic mass is 15.0. The zero-order chi connectivity index (χ0) is 13.2. The Hall–Kier alpha value is -2.69. The Labute approximate surface area is 110 Å². The molecular weight excluding hydrogens is 238 g/mol. The normalized spacial score (nSPS) is 10.7. The van der Waals surface area contributed by atoms with E-state index in [-0.39, 0.29) is 5.84 Å². The summed E-state index contributed by atoms with van der Waals surface area (Å²) < 4.78 is 2.06. The number of nitrogens with zero attached hydrogens (tertiary/aromatic N) is 3. The molecule has 0 fully saturated rings. The summed E-state index contributed by atoms with van der Waals surface area (Å²) in [5.74, 6) is -0.0164. The van der Waals surface area contributed by atoms with Crippen LogP contribution in [0.3, 0.4) is 0 Å². The van der Waals surface area contributed by atoms with Gasteiger partial charge in [-0.1, -0.05) is 12.1 Å². The number of fused-ring (bicyclic) bond motifs is 1. The second kappa shape index (κ2) is 4.53. The first-order valence-electron chi connectivity index (χ1n) is 5.93. The van der Waals surface area contributed by atoms with E-state index < -0.39 is 0 Å². The zero-order valence-corrected chi connectivity index (χ0v) is 10.2. The summed E-state index contributed by atoms with van der Waals surface area (Å²) in [4.78, 5) is 8.41. The van der Waals surface area contributed by atoms with Crippen LogP contribution in [0, 0.1) is 5.41 Å². The van der Waals surface area contributed by atoms with Crippen molar-refractivity contribution in [2.75, 3.05) is 0 Å². The van der Waals surface area contributed by atoms with Gasteiger partial charge >= 0.3 is 0 Å². The predicted octanol–water partition coefficient (Wildman–Crippen LogP) is 1.76. The van der Waals surface area contributed by atoms with Crippen molar-refractivity contribution in [1.29, 1.82) is 5.41 Å². The van der Waals surface area contributed by atoms with E-state index in [1.165, 1.54) is 0 Å². The lowest BCUT2D eigenvalue weighted by atomic mass is 10.2. The van der Waals surface area contributed by atoms with Gasteiger partial charge in [0.25, 0.3) is 0 Å². The summed E-state index contributed by atoms with van der Waals surface area (Å²) in [5, 5.41) is 7.41. The maximum absolute atomic E-state index is 7.41. The first-order valence-corrected chi connectivity index (χ1v) is 5.93. The molecule has 0 saturated heterocycles. The number of benzene rings is 1. The molecular formula is C14H13N5. The molecule has 5 nitrogen and oxygen atoms in total. The summed E-state index contributed by atoms with van der Waals surface area (Å²) >= 11 is 0. The summed E-state index contributed by atoms with van der Waals surface area (Å²) in [6.07, 6.45) is 3.49. The van der Waals surface area contributed by atoms with Crippen LogP contribution in [0.5, 0.6) is 0 Å². The summed E-state index contributed by atoms with van der Waals surface area (Å²) in [5.41, 5.74) is 9.06. The highest BCUT2D eigenvalue weighted by Crippen LogP contribution is 2.14. The monoisotopic (exact) mass is 251 g/mol. The van der Waals surface area contributed by atoms with E-state index >= 15 is 0 Å². The molecule has 5 heteroatoms. The number of hydrogen-bond acceptors (Lipinski definition) is 3. The van der Waals surface area contributed by atoms with Gasteiger partial charge in [-0.25, -0.2) is 4.98 Å². The van der Waals surface area contributed by atoms with E-state index in [4.69, 9.17) is 11.1 Å². The van der Waals surface area contributed by atoms with E-state index in [1.54, 1.807) is 6.20 Å². The van der Waals surface area contributed by atoms with E-state index in [0.717, 1.165) is 16.6 Å². The van der Waals surface area contributed by atoms with E-state index in [2.05, 4.69) is 14.5 Å². The Morgan fingerprint density at radius 1 is 1.21 bits per heavy atom. The molecule has 0 spiro atoms. The van der Waals surface area contributed by atoms with Crippen LogP contribution in [0.4, 0.5) is 0 Å². The first kappa shape index (κ1) is 11.4. The molecule has 1 aromatic carbocycles. The quantitative estimate of drug-likeness (QED) is 0.550. The Morgan fingerprint density at radius 2 is 2.05 bits per heavy atom. The number of para-hydroxylation sites is 2. The fourth-order valence-electron chi connectivity index (χ4n) is 2.05. The molecule has 0 aliphatic rings. The first-order chi connectivity index (χ1) is 9.24. The Kier molecular flexibility index (Phi) is 2.72. The molecule has 3 aromatic rings. The maximum Gasteiger partial charge on any atom is 0.141 e. The lowest BCUT2D eigenvalue weighted by molar-refractivity contribution is 0.822. The molecule has 0 radical (unpaired) electrons. The van der Waals surface area contributed by atoms with Crippen LogP contribution in [0.25, 0.3) is 11.0 Å².